The lowest BCUT2D eigenvalue weighted by atomic mass is 10.0. The second-order valence-corrected chi connectivity index (χ2v) is 8.28. The minimum absolute atomic E-state index is 0.222. The number of pyridine rings is 1. The first-order valence-corrected chi connectivity index (χ1v) is 11.2. The number of benzene rings is 1. The molecule has 2 aliphatic heterocycles. The van der Waals surface area contributed by atoms with Crippen LogP contribution in [0.1, 0.15) is 12.0 Å². The molecule has 0 unspecified atom stereocenters. The predicted octanol–water partition coefficient (Wildman–Crippen LogP) is 2.71. The van der Waals surface area contributed by atoms with Gasteiger partial charge in [-0.2, -0.15) is 5.10 Å². The van der Waals surface area contributed by atoms with Crippen LogP contribution in [0, 0.1) is 0 Å². The smallest absolute Gasteiger partial charge is 0.236 e. The van der Waals surface area contributed by atoms with Crippen molar-refractivity contribution in [1.29, 1.82) is 0 Å². The molecule has 5 rings (SSSR count). The molecule has 32 heavy (non-hydrogen) atoms. The van der Waals surface area contributed by atoms with Crippen molar-refractivity contribution < 1.29 is 4.79 Å². The van der Waals surface area contributed by atoms with Crippen molar-refractivity contribution in [1.82, 2.24) is 24.6 Å². The minimum atomic E-state index is 0.222. The molecule has 3 aromatic rings. The van der Waals surface area contributed by atoms with Crippen LogP contribution < -0.4 is 4.90 Å². The van der Waals surface area contributed by atoms with Gasteiger partial charge in [-0.05, 0) is 36.3 Å². The fourth-order valence-corrected chi connectivity index (χ4v) is 4.34. The molecule has 0 N–H and O–H groups in total. The maximum absolute atomic E-state index is 12.8. The highest BCUT2D eigenvalue weighted by Gasteiger charge is 2.24. The highest BCUT2D eigenvalue weighted by Crippen LogP contribution is 2.23. The molecule has 1 saturated heterocycles. The van der Waals surface area contributed by atoms with Gasteiger partial charge >= 0.3 is 0 Å². The Balaban J connectivity index is 1.13. The lowest BCUT2D eigenvalue weighted by molar-refractivity contribution is -0.132. The normalized spacial score (nSPS) is 17.3. The topological polar surface area (TPSA) is 57.5 Å². The lowest BCUT2D eigenvalue weighted by Crippen LogP contribution is -2.51. The monoisotopic (exact) mass is 428 g/mol. The number of piperazine rings is 1. The Bertz CT molecular complexity index is 1070. The van der Waals surface area contributed by atoms with Gasteiger partial charge in [0.1, 0.15) is 5.82 Å². The van der Waals surface area contributed by atoms with Crippen molar-refractivity contribution in [2.24, 2.45) is 0 Å². The molecule has 1 amide bonds. The number of hydrogen-bond acceptors (Lipinski definition) is 5. The van der Waals surface area contributed by atoms with Crippen molar-refractivity contribution in [3.63, 3.8) is 0 Å². The Hall–Kier alpha value is -3.45. The number of amides is 1. The van der Waals surface area contributed by atoms with Crippen LogP contribution in [0.5, 0.6) is 0 Å². The van der Waals surface area contributed by atoms with E-state index in [0.29, 0.717) is 6.54 Å². The molecule has 7 heteroatoms. The summed E-state index contributed by atoms with van der Waals surface area (Å²) in [5.74, 6) is 1.21. The summed E-state index contributed by atoms with van der Waals surface area (Å²) in [6.07, 6.45) is 9.00. The summed E-state index contributed by atoms with van der Waals surface area (Å²) in [5, 5.41) is 4.51. The molecule has 4 heterocycles. The summed E-state index contributed by atoms with van der Waals surface area (Å²) in [7, 11) is 0. The minimum Gasteiger partial charge on any atom is -0.353 e. The van der Waals surface area contributed by atoms with Crippen molar-refractivity contribution >= 4 is 17.3 Å². The summed E-state index contributed by atoms with van der Waals surface area (Å²) in [4.78, 5) is 23.7. The first-order chi connectivity index (χ1) is 15.8. The van der Waals surface area contributed by atoms with Gasteiger partial charge in [0.15, 0.2) is 0 Å². The van der Waals surface area contributed by atoms with E-state index in [1.807, 2.05) is 58.4 Å². The Morgan fingerprint density at radius 3 is 2.47 bits per heavy atom. The Labute approximate surface area is 188 Å². The molecule has 0 radical (unpaired) electrons. The average molecular weight is 429 g/mol. The molecule has 7 nitrogen and oxygen atoms in total. The zero-order valence-electron chi connectivity index (χ0n) is 18.2. The van der Waals surface area contributed by atoms with E-state index >= 15 is 0 Å². The number of anilines is 1. The third-order valence-corrected chi connectivity index (χ3v) is 6.23. The highest BCUT2D eigenvalue weighted by atomic mass is 16.2. The van der Waals surface area contributed by atoms with Crippen LogP contribution in [0.3, 0.4) is 0 Å². The van der Waals surface area contributed by atoms with Crippen LogP contribution in [-0.2, 0) is 4.79 Å². The molecule has 2 aromatic heterocycles. The van der Waals surface area contributed by atoms with E-state index in [1.54, 1.807) is 0 Å². The van der Waals surface area contributed by atoms with Crippen LogP contribution >= 0.6 is 0 Å². The second-order valence-electron chi connectivity index (χ2n) is 8.28. The second kappa shape index (κ2) is 9.36. The van der Waals surface area contributed by atoms with Gasteiger partial charge in [0, 0.05) is 57.2 Å². The molecule has 1 aromatic carbocycles. The van der Waals surface area contributed by atoms with Crippen LogP contribution in [0.4, 0.5) is 5.82 Å². The van der Waals surface area contributed by atoms with Gasteiger partial charge in [-0.3, -0.25) is 9.69 Å². The number of hydrogen-bond donors (Lipinski definition) is 0. The summed E-state index contributed by atoms with van der Waals surface area (Å²) in [5.41, 5.74) is 3.52. The van der Waals surface area contributed by atoms with Crippen molar-refractivity contribution in [3.8, 4) is 5.69 Å². The standard InChI is InChI=1S/C25H28N6O/c32-25(30-16-14-29(15-17-30)24-8-4-5-11-26-24)20-28-12-9-21(10-13-28)22-18-27-31(19-22)23-6-2-1-3-7-23/h1-9,11,18-19H,10,12-17,20H2. The van der Waals surface area contributed by atoms with E-state index in [1.165, 1.54) is 5.57 Å². The molecule has 2 aliphatic rings. The van der Waals surface area contributed by atoms with Crippen LogP contribution in [0.25, 0.3) is 11.3 Å². The van der Waals surface area contributed by atoms with Crippen molar-refractivity contribution in [2.75, 3.05) is 50.7 Å². The van der Waals surface area contributed by atoms with Gasteiger partial charge in [-0.1, -0.05) is 30.3 Å². The fraction of sp³-hybridized carbons (Fsp3) is 0.320. The van der Waals surface area contributed by atoms with Crippen LogP contribution in [0.15, 0.2) is 73.2 Å². The van der Waals surface area contributed by atoms with E-state index in [4.69, 9.17) is 0 Å². The SMILES string of the molecule is O=C(CN1CC=C(c2cnn(-c3ccccc3)c2)CC1)N1CCN(c2ccccn2)CC1. The van der Waals surface area contributed by atoms with E-state index < -0.39 is 0 Å². The molecule has 0 spiro atoms. The van der Waals surface area contributed by atoms with E-state index in [9.17, 15) is 4.79 Å². The number of aromatic nitrogens is 3. The molecular weight excluding hydrogens is 400 g/mol. The van der Waals surface area contributed by atoms with Gasteiger partial charge in [-0.25, -0.2) is 9.67 Å². The van der Waals surface area contributed by atoms with E-state index in [2.05, 4.69) is 44.3 Å². The molecule has 0 aliphatic carbocycles. The molecule has 0 bridgehead atoms. The van der Waals surface area contributed by atoms with Gasteiger partial charge in [-0.15, -0.1) is 0 Å². The summed E-state index contributed by atoms with van der Waals surface area (Å²) < 4.78 is 1.91. The molecule has 1 fully saturated rings. The molecule has 0 atom stereocenters. The highest BCUT2D eigenvalue weighted by molar-refractivity contribution is 5.79. The van der Waals surface area contributed by atoms with Gasteiger partial charge < -0.3 is 9.80 Å². The summed E-state index contributed by atoms with van der Waals surface area (Å²) in [6, 6.07) is 16.1. The number of nitrogens with zero attached hydrogens (tertiary/aromatic N) is 6. The first kappa shape index (κ1) is 20.5. The zero-order chi connectivity index (χ0) is 21.8. The molecular formula is C25H28N6O. The van der Waals surface area contributed by atoms with Crippen LogP contribution in [0.2, 0.25) is 0 Å². The Morgan fingerprint density at radius 2 is 1.75 bits per heavy atom. The number of para-hydroxylation sites is 1. The molecule has 164 valence electrons. The van der Waals surface area contributed by atoms with Gasteiger partial charge in [0.25, 0.3) is 0 Å². The Kier molecular flexibility index (Phi) is 5.98. The van der Waals surface area contributed by atoms with E-state index in [0.717, 1.165) is 62.8 Å². The lowest BCUT2D eigenvalue weighted by Gasteiger charge is -2.36. The van der Waals surface area contributed by atoms with Gasteiger partial charge in [0.05, 0.1) is 18.4 Å². The predicted molar refractivity (Wildman–Crippen MR) is 126 cm³/mol. The summed E-state index contributed by atoms with van der Waals surface area (Å²) in [6.45, 7) is 5.34. The average Bonchev–Trinajstić information content (AvgIpc) is 3.36. The van der Waals surface area contributed by atoms with Crippen LogP contribution in [-0.4, -0.2) is 76.3 Å². The largest absolute Gasteiger partial charge is 0.353 e. The zero-order valence-corrected chi connectivity index (χ0v) is 18.2. The summed E-state index contributed by atoms with van der Waals surface area (Å²) >= 11 is 0. The fourth-order valence-electron chi connectivity index (χ4n) is 4.34. The third kappa shape index (κ3) is 4.57. The third-order valence-electron chi connectivity index (χ3n) is 6.23. The number of carbonyl (C=O) groups is 1. The maximum atomic E-state index is 12.8. The first-order valence-electron chi connectivity index (χ1n) is 11.2. The number of rotatable bonds is 5. The van der Waals surface area contributed by atoms with Crippen molar-refractivity contribution in [3.05, 3.63) is 78.8 Å². The maximum Gasteiger partial charge on any atom is 0.236 e. The Morgan fingerprint density at radius 1 is 0.938 bits per heavy atom. The van der Waals surface area contributed by atoms with Gasteiger partial charge in [0.2, 0.25) is 5.91 Å². The molecule has 0 saturated carbocycles. The van der Waals surface area contributed by atoms with E-state index in [-0.39, 0.29) is 5.91 Å². The number of carbonyl (C=O) groups excluding carboxylic acids is 1. The quantitative estimate of drug-likeness (QED) is 0.626. The van der Waals surface area contributed by atoms with Crippen molar-refractivity contribution in [2.45, 2.75) is 6.42 Å².